The van der Waals surface area contributed by atoms with E-state index in [-0.39, 0.29) is 57.2 Å². The van der Waals surface area contributed by atoms with Gasteiger partial charge in [0.1, 0.15) is 55.8 Å². The van der Waals surface area contributed by atoms with Gasteiger partial charge in [0.25, 0.3) is 0 Å². The summed E-state index contributed by atoms with van der Waals surface area (Å²) in [7, 11) is 1.60. The van der Waals surface area contributed by atoms with E-state index >= 15 is 0 Å². The van der Waals surface area contributed by atoms with Crippen molar-refractivity contribution in [3.05, 3.63) is 59.7 Å². The first-order chi connectivity index (χ1) is 22.8. The van der Waals surface area contributed by atoms with Crippen LogP contribution in [0.5, 0.6) is 11.5 Å². The Morgan fingerprint density at radius 1 is 0.646 bits per heavy atom. The van der Waals surface area contributed by atoms with E-state index in [1.807, 2.05) is 0 Å². The standard InChI is InChI=1S/C34H44N2O12/c1-21(31(41)45-13-14-46-32(42)22(2)36-23(3)37)17-29(40)20-26(18-24-5-9-27(38)10-6-24)33(43)47-15-16-48-34(44)30(35-4)19-25-7-11-28(39)12-8-25/h5-12,21-22,26,30,35,38-39H,13-20H2,1-4H3,(H,36,37). The largest absolute Gasteiger partial charge is 0.508 e. The van der Waals surface area contributed by atoms with Gasteiger partial charge in [-0.25, -0.2) is 4.79 Å². The second-order valence-electron chi connectivity index (χ2n) is 11.2. The second kappa shape index (κ2) is 20.3. The van der Waals surface area contributed by atoms with E-state index in [1.54, 1.807) is 31.3 Å². The Bertz CT molecular complexity index is 1380. The van der Waals surface area contributed by atoms with Crippen molar-refractivity contribution < 1.29 is 57.9 Å². The number of ketones is 1. The average Bonchev–Trinajstić information content (AvgIpc) is 3.04. The highest BCUT2D eigenvalue weighted by atomic mass is 16.6. The molecule has 0 saturated carbocycles. The van der Waals surface area contributed by atoms with Gasteiger partial charge in [-0.1, -0.05) is 31.2 Å². The normalized spacial score (nSPS) is 13.2. The van der Waals surface area contributed by atoms with Crippen LogP contribution in [0.3, 0.4) is 0 Å². The lowest BCUT2D eigenvalue weighted by Gasteiger charge is -2.18. The number of carbonyl (C=O) groups is 6. The molecule has 0 spiro atoms. The van der Waals surface area contributed by atoms with E-state index in [0.717, 1.165) is 5.56 Å². The fourth-order valence-electron chi connectivity index (χ4n) is 4.53. The van der Waals surface area contributed by atoms with Crippen molar-refractivity contribution in [3.63, 3.8) is 0 Å². The molecule has 14 nitrogen and oxygen atoms in total. The molecule has 0 fully saturated rings. The summed E-state index contributed by atoms with van der Waals surface area (Å²) >= 11 is 0. The number of esters is 4. The molecular weight excluding hydrogens is 628 g/mol. The van der Waals surface area contributed by atoms with Gasteiger partial charge >= 0.3 is 23.9 Å². The van der Waals surface area contributed by atoms with Crippen LogP contribution in [0.1, 0.15) is 44.7 Å². The minimum atomic E-state index is -0.925. The third-order valence-electron chi connectivity index (χ3n) is 7.09. The van der Waals surface area contributed by atoms with Crippen molar-refractivity contribution in [1.82, 2.24) is 10.6 Å². The molecule has 0 aromatic heterocycles. The highest BCUT2D eigenvalue weighted by Crippen LogP contribution is 2.20. The van der Waals surface area contributed by atoms with Crippen LogP contribution in [0.4, 0.5) is 0 Å². The highest BCUT2D eigenvalue weighted by molar-refractivity contribution is 5.88. The zero-order valence-electron chi connectivity index (χ0n) is 27.6. The van der Waals surface area contributed by atoms with Crippen LogP contribution in [0.25, 0.3) is 0 Å². The quantitative estimate of drug-likeness (QED) is 0.0901. The van der Waals surface area contributed by atoms with Gasteiger partial charge in [-0.15, -0.1) is 0 Å². The SMILES string of the molecule is CNC(Cc1ccc(O)cc1)C(=O)OCCOC(=O)C(CC(=O)CC(C)C(=O)OCCOC(=O)C(C)NC(C)=O)Cc1ccc(O)cc1. The van der Waals surface area contributed by atoms with Crippen molar-refractivity contribution in [2.45, 2.75) is 58.5 Å². The Morgan fingerprint density at radius 3 is 1.60 bits per heavy atom. The van der Waals surface area contributed by atoms with Gasteiger partial charge < -0.3 is 39.8 Å². The van der Waals surface area contributed by atoms with E-state index in [9.17, 15) is 39.0 Å². The second-order valence-corrected chi connectivity index (χ2v) is 11.2. The number of nitrogens with one attached hydrogen (secondary N) is 2. The Kier molecular flexibility index (Phi) is 16.6. The molecule has 0 aliphatic carbocycles. The summed E-state index contributed by atoms with van der Waals surface area (Å²) in [6.45, 7) is 3.24. The van der Waals surface area contributed by atoms with Crippen LogP contribution in [0.2, 0.25) is 0 Å². The van der Waals surface area contributed by atoms with Crippen LogP contribution < -0.4 is 10.6 Å². The smallest absolute Gasteiger partial charge is 0.328 e. The Balaban J connectivity index is 1.87. The summed E-state index contributed by atoms with van der Waals surface area (Å²) in [5.41, 5.74) is 1.46. The summed E-state index contributed by atoms with van der Waals surface area (Å²) in [6, 6.07) is 11.0. The highest BCUT2D eigenvalue weighted by Gasteiger charge is 2.27. The Hall–Kier alpha value is -4.98. The van der Waals surface area contributed by atoms with Gasteiger partial charge in [-0.3, -0.25) is 24.0 Å². The molecule has 1 amide bonds. The Morgan fingerprint density at radius 2 is 1.10 bits per heavy atom. The van der Waals surface area contributed by atoms with E-state index in [1.165, 1.54) is 45.0 Å². The van der Waals surface area contributed by atoms with Crippen LogP contribution in [-0.2, 0) is 60.6 Å². The minimum Gasteiger partial charge on any atom is -0.508 e. The number of hydrogen-bond donors (Lipinski definition) is 4. The molecule has 4 unspecified atom stereocenters. The number of benzene rings is 2. The number of rotatable bonds is 20. The molecule has 0 saturated heterocycles. The number of likely N-dealkylation sites (N-methyl/N-ethyl adjacent to an activating group) is 1. The molecule has 4 atom stereocenters. The molecule has 0 aliphatic rings. The van der Waals surface area contributed by atoms with Crippen LogP contribution in [0.15, 0.2) is 48.5 Å². The molecule has 48 heavy (non-hydrogen) atoms. The maximum absolute atomic E-state index is 13.1. The zero-order valence-corrected chi connectivity index (χ0v) is 27.6. The molecule has 0 bridgehead atoms. The van der Waals surface area contributed by atoms with E-state index in [0.29, 0.717) is 12.0 Å². The van der Waals surface area contributed by atoms with Gasteiger partial charge in [0.05, 0.1) is 11.8 Å². The fraction of sp³-hybridized carbons (Fsp3) is 0.471. The molecule has 14 heteroatoms. The monoisotopic (exact) mass is 672 g/mol. The summed E-state index contributed by atoms with van der Waals surface area (Å²) in [4.78, 5) is 73.8. The molecule has 0 heterocycles. The minimum absolute atomic E-state index is 0.0328. The molecular formula is C34H44N2O12. The maximum Gasteiger partial charge on any atom is 0.328 e. The average molecular weight is 673 g/mol. The third kappa shape index (κ3) is 14.6. The number of aromatic hydroxyl groups is 2. The molecule has 2 aromatic rings. The molecule has 0 radical (unpaired) electrons. The zero-order chi connectivity index (χ0) is 35.6. The number of phenolic OH excluding ortho intramolecular Hbond substituents is 2. The van der Waals surface area contributed by atoms with E-state index in [2.05, 4.69) is 10.6 Å². The van der Waals surface area contributed by atoms with Gasteiger partial charge in [0.2, 0.25) is 5.91 Å². The topological polar surface area (TPSA) is 204 Å². The number of hydrogen-bond acceptors (Lipinski definition) is 13. The molecule has 2 aromatic carbocycles. The number of phenols is 2. The first-order valence-corrected chi connectivity index (χ1v) is 15.5. The molecule has 2 rings (SSSR count). The lowest BCUT2D eigenvalue weighted by atomic mass is 9.91. The van der Waals surface area contributed by atoms with Crippen molar-refractivity contribution >= 4 is 35.6 Å². The first-order valence-electron chi connectivity index (χ1n) is 15.5. The predicted octanol–water partition coefficient (Wildman–Crippen LogP) is 1.77. The lowest BCUT2D eigenvalue weighted by molar-refractivity contribution is -0.157. The molecule has 4 N–H and O–H groups in total. The first kappa shape index (κ1) is 39.2. The van der Waals surface area contributed by atoms with Crippen molar-refractivity contribution in [1.29, 1.82) is 0 Å². The number of carbonyl (C=O) groups excluding carboxylic acids is 6. The fourth-order valence-corrected chi connectivity index (χ4v) is 4.53. The summed E-state index contributed by atoms with van der Waals surface area (Å²) < 4.78 is 20.7. The van der Waals surface area contributed by atoms with E-state index < -0.39 is 59.5 Å². The summed E-state index contributed by atoms with van der Waals surface area (Å²) in [5, 5.41) is 24.3. The van der Waals surface area contributed by atoms with Crippen molar-refractivity contribution in [2.24, 2.45) is 11.8 Å². The van der Waals surface area contributed by atoms with Gasteiger partial charge in [-0.05, 0) is 62.2 Å². The van der Waals surface area contributed by atoms with Gasteiger partial charge in [-0.2, -0.15) is 0 Å². The number of ether oxygens (including phenoxy) is 4. The molecule has 262 valence electrons. The van der Waals surface area contributed by atoms with Crippen LogP contribution >= 0.6 is 0 Å². The summed E-state index contributed by atoms with van der Waals surface area (Å²) in [6.07, 6.45) is -0.0448. The van der Waals surface area contributed by atoms with Crippen molar-refractivity contribution in [3.8, 4) is 11.5 Å². The Labute approximate surface area is 279 Å². The number of Topliss-reactive ketones (excluding diaryl/α,β-unsaturated/α-hetero) is 1. The van der Waals surface area contributed by atoms with Crippen LogP contribution in [0, 0.1) is 11.8 Å². The number of amides is 1. The third-order valence-corrected chi connectivity index (χ3v) is 7.09. The maximum atomic E-state index is 13.1. The predicted molar refractivity (Wildman–Crippen MR) is 170 cm³/mol. The van der Waals surface area contributed by atoms with E-state index in [4.69, 9.17) is 18.9 Å². The lowest BCUT2D eigenvalue weighted by Crippen LogP contribution is -2.38. The van der Waals surface area contributed by atoms with Crippen LogP contribution in [-0.4, -0.2) is 91.3 Å². The molecule has 0 aliphatic heterocycles. The van der Waals surface area contributed by atoms with Crippen molar-refractivity contribution in [2.75, 3.05) is 33.5 Å². The van der Waals surface area contributed by atoms with Gasteiger partial charge in [0.15, 0.2) is 0 Å². The van der Waals surface area contributed by atoms with Gasteiger partial charge in [0, 0.05) is 19.8 Å². The summed E-state index contributed by atoms with van der Waals surface area (Å²) in [5.74, 6) is -5.08.